The summed E-state index contributed by atoms with van der Waals surface area (Å²) in [6.45, 7) is 1.81. The van der Waals surface area contributed by atoms with Gasteiger partial charge in [-0.2, -0.15) is 0 Å². The van der Waals surface area contributed by atoms with Crippen molar-refractivity contribution in [1.82, 2.24) is 15.1 Å². The standard InChI is InChI=1S/C16H21N3O5/c1-23-12-4-3-5-13(24-2)15(12)16(22)17-10-14(21)19-8-6-18(11-20)7-9-19/h3-5,11H,6-10H2,1-2H3,(H,17,22). The molecule has 0 aliphatic carbocycles. The Bertz CT molecular complexity index is 589. The minimum atomic E-state index is -0.441. The first-order chi connectivity index (χ1) is 11.6. The number of ether oxygens (including phenoxy) is 2. The van der Waals surface area contributed by atoms with E-state index in [9.17, 15) is 14.4 Å². The molecule has 8 heteroatoms. The second-order valence-electron chi connectivity index (χ2n) is 5.24. The van der Waals surface area contributed by atoms with Gasteiger partial charge in [-0.1, -0.05) is 6.07 Å². The summed E-state index contributed by atoms with van der Waals surface area (Å²) in [7, 11) is 2.92. The van der Waals surface area contributed by atoms with E-state index in [1.54, 1.807) is 28.0 Å². The first-order valence-corrected chi connectivity index (χ1v) is 7.57. The summed E-state index contributed by atoms with van der Waals surface area (Å²) in [5.41, 5.74) is 0.251. The molecule has 130 valence electrons. The number of hydrogen-bond donors (Lipinski definition) is 1. The molecular weight excluding hydrogens is 314 g/mol. The second-order valence-corrected chi connectivity index (χ2v) is 5.24. The third-order valence-corrected chi connectivity index (χ3v) is 3.87. The van der Waals surface area contributed by atoms with Crippen LogP contribution in [0.1, 0.15) is 10.4 Å². The molecule has 1 N–H and O–H groups in total. The molecule has 1 aromatic carbocycles. The molecule has 1 aromatic rings. The first-order valence-electron chi connectivity index (χ1n) is 7.57. The Morgan fingerprint density at radius 2 is 1.71 bits per heavy atom. The lowest BCUT2D eigenvalue weighted by atomic mass is 10.1. The van der Waals surface area contributed by atoms with Crippen molar-refractivity contribution in [3.05, 3.63) is 23.8 Å². The van der Waals surface area contributed by atoms with E-state index in [0.717, 1.165) is 6.41 Å². The van der Waals surface area contributed by atoms with E-state index >= 15 is 0 Å². The number of piperazine rings is 1. The van der Waals surface area contributed by atoms with Gasteiger partial charge in [0.05, 0.1) is 20.8 Å². The Morgan fingerprint density at radius 1 is 1.12 bits per heavy atom. The van der Waals surface area contributed by atoms with Gasteiger partial charge in [-0.25, -0.2) is 0 Å². The molecule has 0 atom stereocenters. The third kappa shape index (κ3) is 3.95. The molecule has 0 spiro atoms. The van der Waals surface area contributed by atoms with Crippen LogP contribution in [-0.4, -0.2) is 75.0 Å². The van der Waals surface area contributed by atoms with Crippen LogP contribution in [0.3, 0.4) is 0 Å². The molecule has 3 amide bonds. The molecule has 24 heavy (non-hydrogen) atoms. The lowest BCUT2D eigenvalue weighted by Gasteiger charge is -2.32. The molecule has 2 rings (SSSR count). The summed E-state index contributed by atoms with van der Waals surface area (Å²) in [6.07, 6.45) is 0.775. The van der Waals surface area contributed by atoms with Gasteiger partial charge in [0.2, 0.25) is 12.3 Å². The third-order valence-electron chi connectivity index (χ3n) is 3.87. The number of amides is 3. The Balaban J connectivity index is 1.96. The van der Waals surface area contributed by atoms with Gasteiger partial charge < -0.3 is 24.6 Å². The highest BCUT2D eigenvalue weighted by Gasteiger charge is 2.22. The SMILES string of the molecule is COc1cccc(OC)c1C(=O)NCC(=O)N1CCN(C=O)CC1. The van der Waals surface area contributed by atoms with Gasteiger partial charge in [0, 0.05) is 26.2 Å². The van der Waals surface area contributed by atoms with E-state index in [0.29, 0.717) is 37.7 Å². The van der Waals surface area contributed by atoms with Crippen LogP contribution in [0.25, 0.3) is 0 Å². The first kappa shape index (κ1) is 17.6. The van der Waals surface area contributed by atoms with Crippen molar-refractivity contribution in [2.75, 3.05) is 46.9 Å². The highest BCUT2D eigenvalue weighted by molar-refractivity contribution is 6.01. The highest BCUT2D eigenvalue weighted by atomic mass is 16.5. The molecule has 1 aliphatic rings. The maximum atomic E-state index is 12.4. The van der Waals surface area contributed by atoms with Crippen molar-refractivity contribution in [2.24, 2.45) is 0 Å². The van der Waals surface area contributed by atoms with Crippen LogP contribution >= 0.6 is 0 Å². The highest BCUT2D eigenvalue weighted by Crippen LogP contribution is 2.27. The fourth-order valence-electron chi connectivity index (χ4n) is 2.51. The van der Waals surface area contributed by atoms with Crippen molar-refractivity contribution in [2.45, 2.75) is 0 Å². The zero-order chi connectivity index (χ0) is 17.5. The maximum absolute atomic E-state index is 12.4. The monoisotopic (exact) mass is 335 g/mol. The van der Waals surface area contributed by atoms with Crippen molar-refractivity contribution in [3.8, 4) is 11.5 Å². The summed E-state index contributed by atoms with van der Waals surface area (Å²) in [6, 6.07) is 5.02. The lowest BCUT2D eigenvalue weighted by molar-refractivity contribution is -0.134. The molecule has 1 aliphatic heterocycles. The van der Waals surface area contributed by atoms with Gasteiger partial charge in [0.15, 0.2) is 0 Å². The number of methoxy groups -OCH3 is 2. The van der Waals surface area contributed by atoms with Crippen LogP contribution in [-0.2, 0) is 9.59 Å². The molecular formula is C16H21N3O5. The van der Waals surface area contributed by atoms with Crippen LogP contribution in [0.2, 0.25) is 0 Å². The van der Waals surface area contributed by atoms with E-state index in [1.165, 1.54) is 14.2 Å². The topological polar surface area (TPSA) is 88.2 Å². The van der Waals surface area contributed by atoms with E-state index in [1.807, 2.05) is 0 Å². The molecule has 0 bridgehead atoms. The van der Waals surface area contributed by atoms with Gasteiger partial charge >= 0.3 is 0 Å². The quantitative estimate of drug-likeness (QED) is 0.723. The van der Waals surface area contributed by atoms with Gasteiger partial charge in [-0.05, 0) is 12.1 Å². The van der Waals surface area contributed by atoms with E-state index in [2.05, 4.69) is 5.32 Å². The normalized spacial score (nSPS) is 14.1. The molecule has 1 saturated heterocycles. The van der Waals surface area contributed by atoms with Gasteiger partial charge in [0.1, 0.15) is 17.1 Å². The number of rotatable bonds is 6. The van der Waals surface area contributed by atoms with Gasteiger partial charge in [-0.15, -0.1) is 0 Å². The summed E-state index contributed by atoms with van der Waals surface area (Å²) >= 11 is 0. The van der Waals surface area contributed by atoms with Crippen molar-refractivity contribution in [3.63, 3.8) is 0 Å². The van der Waals surface area contributed by atoms with Gasteiger partial charge in [-0.3, -0.25) is 14.4 Å². The predicted octanol–water partition coefficient (Wildman–Crippen LogP) is -0.266. The molecule has 0 saturated carbocycles. The fraction of sp³-hybridized carbons (Fsp3) is 0.438. The van der Waals surface area contributed by atoms with E-state index in [-0.39, 0.29) is 18.0 Å². The van der Waals surface area contributed by atoms with Crippen molar-refractivity contribution in [1.29, 1.82) is 0 Å². The Hall–Kier alpha value is -2.77. The summed E-state index contributed by atoms with van der Waals surface area (Å²) in [4.78, 5) is 38.5. The number of nitrogens with one attached hydrogen (secondary N) is 1. The molecule has 1 fully saturated rings. The van der Waals surface area contributed by atoms with Crippen LogP contribution in [0, 0.1) is 0 Å². The Morgan fingerprint density at radius 3 is 2.21 bits per heavy atom. The zero-order valence-corrected chi connectivity index (χ0v) is 13.8. The second kappa shape index (κ2) is 8.19. The van der Waals surface area contributed by atoms with Crippen molar-refractivity contribution < 1.29 is 23.9 Å². The molecule has 8 nitrogen and oxygen atoms in total. The lowest BCUT2D eigenvalue weighted by Crippen LogP contribution is -2.50. The van der Waals surface area contributed by atoms with Crippen LogP contribution in [0.5, 0.6) is 11.5 Å². The zero-order valence-electron chi connectivity index (χ0n) is 13.8. The number of carbonyl (C=O) groups is 3. The minimum Gasteiger partial charge on any atom is -0.496 e. The van der Waals surface area contributed by atoms with Crippen LogP contribution in [0.15, 0.2) is 18.2 Å². The summed E-state index contributed by atoms with van der Waals surface area (Å²) < 4.78 is 10.4. The van der Waals surface area contributed by atoms with Crippen LogP contribution in [0.4, 0.5) is 0 Å². The number of hydrogen-bond acceptors (Lipinski definition) is 5. The summed E-state index contributed by atoms with van der Waals surface area (Å²) in [5.74, 6) is 0.115. The average molecular weight is 335 g/mol. The molecule has 1 heterocycles. The average Bonchev–Trinajstić information content (AvgIpc) is 2.65. The van der Waals surface area contributed by atoms with E-state index in [4.69, 9.17) is 9.47 Å². The number of carbonyl (C=O) groups excluding carboxylic acids is 3. The predicted molar refractivity (Wildman–Crippen MR) is 86.1 cm³/mol. The largest absolute Gasteiger partial charge is 0.496 e. The smallest absolute Gasteiger partial charge is 0.259 e. The molecule has 0 aromatic heterocycles. The molecule has 0 radical (unpaired) electrons. The number of nitrogens with zero attached hydrogens (tertiary/aromatic N) is 2. The maximum Gasteiger partial charge on any atom is 0.259 e. The van der Waals surface area contributed by atoms with Crippen LogP contribution < -0.4 is 14.8 Å². The fourth-order valence-corrected chi connectivity index (χ4v) is 2.51. The summed E-state index contributed by atoms with van der Waals surface area (Å²) in [5, 5.41) is 2.60. The Kier molecular flexibility index (Phi) is 6.00. The minimum absolute atomic E-state index is 0.124. The van der Waals surface area contributed by atoms with E-state index < -0.39 is 5.91 Å². The van der Waals surface area contributed by atoms with Crippen molar-refractivity contribution >= 4 is 18.2 Å². The number of benzene rings is 1. The molecule has 0 unspecified atom stereocenters. The Labute approximate surface area is 140 Å². The van der Waals surface area contributed by atoms with Gasteiger partial charge in [0.25, 0.3) is 5.91 Å².